The molecule has 1 aromatic heterocycles. The van der Waals surface area contributed by atoms with E-state index in [-0.39, 0.29) is 0 Å². The fourth-order valence-corrected chi connectivity index (χ4v) is 2.25. The normalized spacial score (nSPS) is 10.7. The minimum atomic E-state index is 0.722. The Bertz CT molecular complexity index is 488. The number of nitrogen functional groups attached to an aromatic ring is 1. The summed E-state index contributed by atoms with van der Waals surface area (Å²) in [4.78, 5) is 0. The third-order valence-electron chi connectivity index (χ3n) is 2.40. The van der Waals surface area contributed by atoms with Crippen LogP contribution < -0.4 is 11.1 Å². The van der Waals surface area contributed by atoms with E-state index in [0.29, 0.717) is 0 Å². The van der Waals surface area contributed by atoms with Crippen LogP contribution in [0.2, 0.25) is 0 Å². The maximum atomic E-state index is 5.77. The smallest absolute Gasteiger partial charge is 0.117 e. The predicted molar refractivity (Wildman–Crippen MR) is 72.5 cm³/mol. The maximum absolute atomic E-state index is 5.77. The molecule has 0 saturated heterocycles. The van der Waals surface area contributed by atoms with Gasteiger partial charge in [-0.2, -0.15) is 0 Å². The number of benzene rings is 1. The van der Waals surface area contributed by atoms with Gasteiger partial charge in [0.15, 0.2) is 0 Å². The summed E-state index contributed by atoms with van der Waals surface area (Å²) >= 11 is 3.43. The quantitative estimate of drug-likeness (QED) is 0.851. The summed E-state index contributed by atoms with van der Waals surface area (Å²) in [6, 6.07) is 9.85. The lowest BCUT2D eigenvalue weighted by Gasteiger charge is -2.05. The Morgan fingerprint density at radius 3 is 2.71 bits per heavy atom. The SMILES string of the molecule is Cc1ccc(CNCc2cc(N)cc(Br)c2)o1. The van der Waals surface area contributed by atoms with E-state index in [9.17, 15) is 0 Å². The average molecular weight is 295 g/mol. The molecule has 0 atom stereocenters. The molecule has 90 valence electrons. The van der Waals surface area contributed by atoms with Crippen molar-refractivity contribution in [3.05, 3.63) is 51.9 Å². The molecule has 0 aliphatic carbocycles. The van der Waals surface area contributed by atoms with Crippen LogP contribution in [-0.2, 0) is 13.1 Å². The molecule has 0 aliphatic heterocycles. The third kappa shape index (κ3) is 3.61. The molecule has 3 N–H and O–H groups in total. The molecule has 0 spiro atoms. The highest BCUT2D eigenvalue weighted by Gasteiger charge is 2.00. The van der Waals surface area contributed by atoms with Gasteiger partial charge in [-0.25, -0.2) is 0 Å². The Morgan fingerprint density at radius 1 is 1.24 bits per heavy atom. The molecule has 4 heteroatoms. The summed E-state index contributed by atoms with van der Waals surface area (Å²) in [7, 11) is 0. The lowest BCUT2D eigenvalue weighted by atomic mass is 10.2. The van der Waals surface area contributed by atoms with E-state index in [0.717, 1.165) is 40.3 Å². The lowest BCUT2D eigenvalue weighted by Crippen LogP contribution is -2.12. The molecule has 17 heavy (non-hydrogen) atoms. The zero-order valence-electron chi connectivity index (χ0n) is 9.66. The minimum absolute atomic E-state index is 0.722. The maximum Gasteiger partial charge on any atom is 0.117 e. The molecule has 0 amide bonds. The standard InChI is InChI=1S/C13H15BrN2O/c1-9-2-3-13(17-9)8-16-7-10-4-11(14)6-12(15)5-10/h2-6,16H,7-8,15H2,1H3. The van der Waals surface area contributed by atoms with Crippen molar-refractivity contribution < 1.29 is 4.42 Å². The van der Waals surface area contributed by atoms with Crippen LogP contribution in [0.3, 0.4) is 0 Å². The molecule has 0 radical (unpaired) electrons. The molecule has 0 unspecified atom stereocenters. The largest absolute Gasteiger partial charge is 0.465 e. The Balaban J connectivity index is 1.89. The molecular weight excluding hydrogens is 280 g/mol. The molecule has 0 bridgehead atoms. The fraction of sp³-hybridized carbons (Fsp3) is 0.231. The molecular formula is C13H15BrN2O. The number of nitrogens with one attached hydrogen (secondary N) is 1. The average Bonchev–Trinajstić information content (AvgIpc) is 2.63. The van der Waals surface area contributed by atoms with Crippen molar-refractivity contribution in [3.8, 4) is 0 Å². The number of aryl methyl sites for hydroxylation is 1. The summed E-state index contributed by atoms with van der Waals surface area (Å²) in [5.41, 5.74) is 7.69. The van der Waals surface area contributed by atoms with Crippen molar-refractivity contribution in [1.29, 1.82) is 0 Å². The van der Waals surface area contributed by atoms with E-state index in [1.54, 1.807) is 0 Å². The summed E-state index contributed by atoms with van der Waals surface area (Å²) in [5.74, 6) is 1.89. The molecule has 1 heterocycles. The fourth-order valence-electron chi connectivity index (χ4n) is 1.69. The summed E-state index contributed by atoms with van der Waals surface area (Å²) in [6.45, 7) is 3.43. The number of hydrogen-bond acceptors (Lipinski definition) is 3. The second-order valence-electron chi connectivity index (χ2n) is 4.01. The van der Waals surface area contributed by atoms with Gasteiger partial charge >= 0.3 is 0 Å². The van der Waals surface area contributed by atoms with Gasteiger partial charge in [-0.1, -0.05) is 15.9 Å². The van der Waals surface area contributed by atoms with Crippen molar-refractivity contribution in [2.45, 2.75) is 20.0 Å². The van der Waals surface area contributed by atoms with Gasteiger partial charge in [-0.3, -0.25) is 0 Å². The van der Waals surface area contributed by atoms with Gasteiger partial charge in [0, 0.05) is 16.7 Å². The second kappa shape index (κ2) is 5.38. The van der Waals surface area contributed by atoms with E-state index in [1.807, 2.05) is 31.2 Å². The van der Waals surface area contributed by atoms with E-state index >= 15 is 0 Å². The molecule has 0 fully saturated rings. The van der Waals surface area contributed by atoms with Crippen molar-refractivity contribution in [1.82, 2.24) is 5.32 Å². The van der Waals surface area contributed by atoms with E-state index < -0.39 is 0 Å². The Labute approximate surface area is 109 Å². The first kappa shape index (κ1) is 12.2. The molecule has 0 saturated carbocycles. The topological polar surface area (TPSA) is 51.2 Å². The van der Waals surface area contributed by atoms with Crippen molar-refractivity contribution in [2.24, 2.45) is 0 Å². The van der Waals surface area contributed by atoms with Crippen molar-refractivity contribution >= 4 is 21.6 Å². The summed E-state index contributed by atoms with van der Waals surface area (Å²) in [6.07, 6.45) is 0. The molecule has 2 aromatic rings. The highest BCUT2D eigenvalue weighted by molar-refractivity contribution is 9.10. The van der Waals surface area contributed by atoms with Gasteiger partial charge in [-0.15, -0.1) is 0 Å². The van der Waals surface area contributed by atoms with Crippen LogP contribution in [0.15, 0.2) is 39.2 Å². The van der Waals surface area contributed by atoms with Gasteiger partial charge < -0.3 is 15.5 Å². The molecule has 2 rings (SSSR count). The van der Waals surface area contributed by atoms with Crippen LogP contribution >= 0.6 is 15.9 Å². The van der Waals surface area contributed by atoms with Crippen LogP contribution in [0.25, 0.3) is 0 Å². The summed E-state index contributed by atoms with van der Waals surface area (Å²) in [5, 5.41) is 3.32. The lowest BCUT2D eigenvalue weighted by molar-refractivity contribution is 0.462. The number of anilines is 1. The monoisotopic (exact) mass is 294 g/mol. The van der Waals surface area contributed by atoms with Gasteiger partial charge in [0.05, 0.1) is 6.54 Å². The van der Waals surface area contributed by atoms with Crippen LogP contribution in [-0.4, -0.2) is 0 Å². The predicted octanol–water partition coefficient (Wildman–Crippen LogP) is 3.22. The van der Waals surface area contributed by atoms with E-state index in [1.165, 1.54) is 0 Å². The first-order chi connectivity index (χ1) is 8.13. The van der Waals surface area contributed by atoms with Crippen LogP contribution in [0.4, 0.5) is 5.69 Å². The highest BCUT2D eigenvalue weighted by atomic mass is 79.9. The Morgan fingerprint density at radius 2 is 2.06 bits per heavy atom. The minimum Gasteiger partial charge on any atom is -0.465 e. The zero-order chi connectivity index (χ0) is 12.3. The number of hydrogen-bond donors (Lipinski definition) is 2. The van der Waals surface area contributed by atoms with Crippen LogP contribution in [0, 0.1) is 6.92 Å². The highest BCUT2D eigenvalue weighted by Crippen LogP contribution is 2.17. The number of furan rings is 1. The molecule has 0 aliphatic rings. The van der Waals surface area contributed by atoms with Gasteiger partial charge in [0.25, 0.3) is 0 Å². The zero-order valence-corrected chi connectivity index (χ0v) is 11.3. The Hall–Kier alpha value is -1.26. The van der Waals surface area contributed by atoms with Crippen molar-refractivity contribution in [3.63, 3.8) is 0 Å². The second-order valence-corrected chi connectivity index (χ2v) is 4.92. The van der Waals surface area contributed by atoms with Gasteiger partial charge in [0.1, 0.15) is 11.5 Å². The number of halogens is 1. The van der Waals surface area contributed by atoms with Crippen LogP contribution in [0.5, 0.6) is 0 Å². The van der Waals surface area contributed by atoms with E-state index in [4.69, 9.17) is 10.2 Å². The molecule has 1 aromatic carbocycles. The number of nitrogens with two attached hydrogens (primary N) is 1. The van der Waals surface area contributed by atoms with E-state index in [2.05, 4.69) is 27.3 Å². The van der Waals surface area contributed by atoms with Gasteiger partial charge in [-0.05, 0) is 42.8 Å². The van der Waals surface area contributed by atoms with Crippen molar-refractivity contribution in [2.75, 3.05) is 5.73 Å². The third-order valence-corrected chi connectivity index (χ3v) is 2.86. The summed E-state index contributed by atoms with van der Waals surface area (Å²) < 4.78 is 6.48. The van der Waals surface area contributed by atoms with Crippen LogP contribution in [0.1, 0.15) is 17.1 Å². The first-order valence-corrected chi connectivity index (χ1v) is 6.24. The number of rotatable bonds is 4. The Kier molecular flexibility index (Phi) is 3.86. The molecule has 3 nitrogen and oxygen atoms in total. The first-order valence-electron chi connectivity index (χ1n) is 5.44. The van der Waals surface area contributed by atoms with Gasteiger partial charge in [0.2, 0.25) is 0 Å².